The lowest BCUT2D eigenvalue weighted by molar-refractivity contribution is -0.141. The lowest BCUT2D eigenvalue weighted by Gasteiger charge is -2.38. The summed E-state index contributed by atoms with van der Waals surface area (Å²) < 4.78 is 14.0. The number of benzene rings is 1. The van der Waals surface area contributed by atoms with Crippen LogP contribution in [0.5, 0.6) is 0 Å². The van der Waals surface area contributed by atoms with Crippen molar-refractivity contribution in [1.29, 1.82) is 0 Å². The molecule has 0 aliphatic carbocycles. The number of nitrogens with zero attached hydrogens (tertiary/aromatic N) is 1. The lowest BCUT2D eigenvalue weighted by atomic mass is 9.83. The topological polar surface area (TPSA) is 49.4 Å². The average molecular weight is 278 g/mol. The van der Waals surface area contributed by atoms with Crippen molar-refractivity contribution in [3.63, 3.8) is 0 Å². The number of carbonyl (C=O) groups excluding carboxylic acids is 2. The second-order valence-electron chi connectivity index (χ2n) is 5.01. The van der Waals surface area contributed by atoms with Crippen molar-refractivity contribution in [3.8, 4) is 0 Å². The van der Waals surface area contributed by atoms with E-state index in [4.69, 9.17) is 0 Å². The third kappa shape index (κ3) is 2.66. The van der Waals surface area contributed by atoms with Gasteiger partial charge in [0.25, 0.3) is 0 Å². The highest BCUT2D eigenvalue weighted by Crippen LogP contribution is 2.36. The molecule has 1 saturated heterocycles. The van der Waals surface area contributed by atoms with Crippen LogP contribution in [-0.2, 0) is 9.59 Å². The highest BCUT2D eigenvalue weighted by atomic mass is 19.1. The minimum atomic E-state index is -0.538. The first kappa shape index (κ1) is 14.5. The van der Waals surface area contributed by atoms with Crippen molar-refractivity contribution >= 4 is 11.8 Å². The fraction of sp³-hybridized carbons (Fsp3) is 0.467. The molecule has 2 amide bonds. The van der Waals surface area contributed by atoms with Crippen LogP contribution >= 0.6 is 0 Å². The summed E-state index contributed by atoms with van der Waals surface area (Å²) >= 11 is 0. The molecule has 20 heavy (non-hydrogen) atoms. The van der Waals surface area contributed by atoms with Crippen LogP contribution < -0.4 is 5.32 Å². The van der Waals surface area contributed by atoms with Crippen LogP contribution in [0.3, 0.4) is 0 Å². The molecule has 0 bridgehead atoms. The van der Waals surface area contributed by atoms with Gasteiger partial charge in [-0.25, -0.2) is 4.39 Å². The molecule has 1 heterocycles. The number of piperidine rings is 1. The smallest absolute Gasteiger partial charge is 0.225 e. The first-order valence-corrected chi connectivity index (χ1v) is 6.84. The van der Waals surface area contributed by atoms with Gasteiger partial charge in [-0.2, -0.15) is 0 Å². The standard InChI is InChI=1S/C15H19FN2O2/c1-3-17-15(20)11-8-9-13(19)18(2)14(11)10-6-4-5-7-12(10)16/h4-7,11,14H,3,8-9H2,1-2H3,(H,17,20)/t11-,14+/m1/s1. The molecular formula is C15H19FN2O2. The Labute approximate surface area is 118 Å². The van der Waals surface area contributed by atoms with E-state index in [1.165, 1.54) is 11.0 Å². The minimum absolute atomic E-state index is 0.0567. The van der Waals surface area contributed by atoms with Crippen LogP contribution in [0.15, 0.2) is 24.3 Å². The molecule has 0 spiro atoms. The Balaban J connectivity index is 2.38. The van der Waals surface area contributed by atoms with Crippen molar-refractivity contribution < 1.29 is 14.0 Å². The van der Waals surface area contributed by atoms with Crippen molar-refractivity contribution in [2.75, 3.05) is 13.6 Å². The number of rotatable bonds is 3. The van der Waals surface area contributed by atoms with Gasteiger partial charge in [0.05, 0.1) is 12.0 Å². The molecule has 1 aliphatic heterocycles. The summed E-state index contributed by atoms with van der Waals surface area (Å²) in [5, 5.41) is 2.77. The van der Waals surface area contributed by atoms with Crippen LogP contribution in [0.2, 0.25) is 0 Å². The molecule has 1 aliphatic rings. The molecule has 5 heteroatoms. The maximum atomic E-state index is 14.0. The van der Waals surface area contributed by atoms with E-state index in [1.54, 1.807) is 25.2 Å². The Kier molecular flexibility index (Phi) is 4.37. The molecule has 0 unspecified atom stereocenters. The van der Waals surface area contributed by atoms with Crippen molar-refractivity contribution in [3.05, 3.63) is 35.6 Å². The van der Waals surface area contributed by atoms with Crippen LogP contribution in [0.4, 0.5) is 4.39 Å². The first-order chi connectivity index (χ1) is 9.56. The number of amides is 2. The predicted octanol–water partition coefficient (Wildman–Crippen LogP) is 1.87. The zero-order valence-electron chi connectivity index (χ0n) is 11.7. The molecule has 1 fully saturated rings. The zero-order chi connectivity index (χ0) is 14.7. The van der Waals surface area contributed by atoms with Gasteiger partial charge in [-0.15, -0.1) is 0 Å². The van der Waals surface area contributed by atoms with E-state index in [0.717, 1.165) is 0 Å². The van der Waals surface area contributed by atoms with Crippen LogP contribution in [0.1, 0.15) is 31.4 Å². The fourth-order valence-corrected chi connectivity index (χ4v) is 2.76. The van der Waals surface area contributed by atoms with E-state index in [1.807, 2.05) is 6.92 Å². The number of hydrogen-bond donors (Lipinski definition) is 1. The zero-order valence-corrected chi connectivity index (χ0v) is 11.7. The van der Waals surface area contributed by atoms with Crippen molar-refractivity contribution in [1.82, 2.24) is 10.2 Å². The first-order valence-electron chi connectivity index (χ1n) is 6.84. The Morgan fingerprint density at radius 2 is 2.15 bits per heavy atom. The van der Waals surface area contributed by atoms with Crippen molar-refractivity contribution in [2.24, 2.45) is 5.92 Å². The van der Waals surface area contributed by atoms with E-state index in [2.05, 4.69) is 5.32 Å². The molecular weight excluding hydrogens is 259 g/mol. The second-order valence-corrected chi connectivity index (χ2v) is 5.01. The van der Waals surface area contributed by atoms with E-state index in [9.17, 15) is 14.0 Å². The SMILES string of the molecule is CCNC(=O)[C@@H]1CCC(=O)N(C)[C@H]1c1ccccc1F. The van der Waals surface area contributed by atoms with Crippen molar-refractivity contribution in [2.45, 2.75) is 25.8 Å². The minimum Gasteiger partial charge on any atom is -0.356 e. The third-order valence-corrected chi connectivity index (χ3v) is 3.77. The number of nitrogens with one attached hydrogen (secondary N) is 1. The van der Waals surface area contributed by atoms with Gasteiger partial charge in [-0.1, -0.05) is 18.2 Å². The van der Waals surface area contributed by atoms with E-state index in [-0.39, 0.29) is 17.6 Å². The van der Waals surface area contributed by atoms with Gasteiger partial charge in [-0.05, 0) is 19.4 Å². The Bertz CT molecular complexity index is 518. The summed E-state index contributed by atoms with van der Waals surface area (Å²) in [4.78, 5) is 25.5. The Morgan fingerprint density at radius 3 is 2.80 bits per heavy atom. The molecule has 0 saturated carbocycles. The summed E-state index contributed by atoms with van der Waals surface area (Å²) in [6.45, 7) is 2.37. The maximum Gasteiger partial charge on any atom is 0.225 e. The highest BCUT2D eigenvalue weighted by molar-refractivity contribution is 5.84. The maximum absolute atomic E-state index is 14.0. The van der Waals surface area contributed by atoms with Gasteiger partial charge >= 0.3 is 0 Å². The summed E-state index contributed by atoms with van der Waals surface area (Å²) in [5.74, 6) is -0.971. The van der Waals surface area contributed by atoms with E-state index < -0.39 is 12.0 Å². The monoisotopic (exact) mass is 278 g/mol. The molecule has 4 nitrogen and oxygen atoms in total. The molecule has 0 radical (unpaired) electrons. The number of likely N-dealkylation sites (tertiary alicyclic amines) is 1. The quantitative estimate of drug-likeness (QED) is 0.917. The summed E-state index contributed by atoms with van der Waals surface area (Å²) in [5.41, 5.74) is 0.402. The van der Waals surface area contributed by atoms with Gasteiger partial charge in [0.1, 0.15) is 5.82 Å². The molecule has 108 valence electrons. The predicted molar refractivity (Wildman–Crippen MR) is 73.3 cm³/mol. The number of halogens is 1. The van der Waals surface area contributed by atoms with Gasteiger partial charge in [0.2, 0.25) is 11.8 Å². The van der Waals surface area contributed by atoms with Gasteiger partial charge in [-0.3, -0.25) is 9.59 Å². The Morgan fingerprint density at radius 1 is 1.45 bits per heavy atom. The van der Waals surface area contributed by atoms with E-state index >= 15 is 0 Å². The van der Waals surface area contributed by atoms with Gasteiger partial charge in [0, 0.05) is 25.6 Å². The lowest BCUT2D eigenvalue weighted by Crippen LogP contribution is -2.46. The molecule has 1 aromatic carbocycles. The second kappa shape index (κ2) is 6.03. The third-order valence-electron chi connectivity index (χ3n) is 3.77. The Hall–Kier alpha value is -1.91. The molecule has 1 N–H and O–H groups in total. The van der Waals surface area contributed by atoms with Crippen LogP contribution in [0.25, 0.3) is 0 Å². The van der Waals surface area contributed by atoms with Gasteiger partial charge in [0.15, 0.2) is 0 Å². The number of carbonyl (C=O) groups is 2. The molecule has 0 aromatic heterocycles. The molecule has 1 aromatic rings. The largest absolute Gasteiger partial charge is 0.356 e. The molecule has 2 rings (SSSR count). The van der Waals surface area contributed by atoms with Crippen LogP contribution in [-0.4, -0.2) is 30.3 Å². The summed E-state index contributed by atoms with van der Waals surface area (Å²) in [7, 11) is 1.63. The van der Waals surface area contributed by atoms with Crippen LogP contribution in [0, 0.1) is 11.7 Å². The molecule has 2 atom stereocenters. The summed E-state index contributed by atoms with van der Waals surface area (Å²) in [6, 6.07) is 5.78. The normalized spacial score (nSPS) is 22.8. The van der Waals surface area contributed by atoms with Gasteiger partial charge < -0.3 is 10.2 Å². The highest BCUT2D eigenvalue weighted by Gasteiger charge is 2.39. The average Bonchev–Trinajstić information content (AvgIpc) is 2.43. The summed E-state index contributed by atoms with van der Waals surface area (Å²) in [6.07, 6.45) is 0.775. The van der Waals surface area contributed by atoms with E-state index in [0.29, 0.717) is 24.9 Å². The fourth-order valence-electron chi connectivity index (χ4n) is 2.76. The number of hydrogen-bond acceptors (Lipinski definition) is 2.